The number of carbonyl (C=O) groups excluding carboxylic acids is 1. The second kappa shape index (κ2) is 7.76. The lowest BCUT2D eigenvalue weighted by atomic mass is 10.1. The SMILES string of the molecule is O=C(C1CN1C1Cc2ccccc2C1)N(Cc1cccnc1)Cc1cccnc1. The number of hydrogen-bond donors (Lipinski definition) is 0. The Morgan fingerprint density at radius 3 is 2.00 bits per heavy atom. The maximum atomic E-state index is 13.4. The molecule has 0 bridgehead atoms. The number of nitrogens with zero attached hydrogens (tertiary/aromatic N) is 4. The molecular formula is C24H24N4O. The Balaban J connectivity index is 1.29. The third-order valence-electron chi connectivity index (χ3n) is 5.94. The topological polar surface area (TPSA) is 49.1 Å². The van der Waals surface area contributed by atoms with Gasteiger partial charge >= 0.3 is 0 Å². The molecule has 5 nitrogen and oxygen atoms in total. The van der Waals surface area contributed by atoms with Gasteiger partial charge in [0.15, 0.2) is 0 Å². The Morgan fingerprint density at radius 2 is 1.48 bits per heavy atom. The van der Waals surface area contributed by atoms with Crippen LogP contribution in [0.1, 0.15) is 22.3 Å². The summed E-state index contributed by atoms with van der Waals surface area (Å²) in [5, 5.41) is 0. The Hall–Kier alpha value is -3.05. The Morgan fingerprint density at radius 1 is 0.897 bits per heavy atom. The van der Waals surface area contributed by atoms with Crippen LogP contribution >= 0.6 is 0 Å². The van der Waals surface area contributed by atoms with Gasteiger partial charge in [-0.05, 0) is 47.2 Å². The van der Waals surface area contributed by atoms with Crippen molar-refractivity contribution in [1.29, 1.82) is 0 Å². The monoisotopic (exact) mass is 384 g/mol. The Kier molecular flexibility index (Phi) is 4.82. The Labute approximate surface area is 171 Å². The van der Waals surface area contributed by atoms with Crippen LogP contribution in [0.25, 0.3) is 0 Å². The van der Waals surface area contributed by atoms with Crippen molar-refractivity contribution in [2.45, 2.75) is 38.0 Å². The van der Waals surface area contributed by atoms with Crippen molar-refractivity contribution < 1.29 is 4.79 Å². The van der Waals surface area contributed by atoms with Crippen LogP contribution in [-0.4, -0.2) is 44.3 Å². The van der Waals surface area contributed by atoms with Crippen molar-refractivity contribution in [3.8, 4) is 0 Å². The largest absolute Gasteiger partial charge is 0.333 e. The molecule has 5 rings (SSSR count). The van der Waals surface area contributed by atoms with Crippen LogP contribution in [0.15, 0.2) is 73.3 Å². The zero-order valence-corrected chi connectivity index (χ0v) is 16.3. The van der Waals surface area contributed by atoms with E-state index in [4.69, 9.17) is 0 Å². The summed E-state index contributed by atoms with van der Waals surface area (Å²) in [6.45, 7) is 1.99. The summed E-state index contributed by atoms with van der Waals surface area (Å²) >= 11 is 0. The fourth-order valence-electron chi connectivity index (χ4n) is 4.39. The van der Waals surface area contributed by atoms with Gasteiger partial charge in [0.1, 0.15) is 6.04 Å². The number of benzene rings is 1. The standard InChI is InChI=1S/C24H24N4O/c29-24(23-17-28(23)22-11-20-7-1-2-8-21(20)12-22)27(15-18-5-3-9-25-13-18)16-19-6-4-10-26-14-19/h1-10,13-14,22-23H,11-12,15-17H2. The molecular weight excluding hydrogens is 360 g/mol. The molecule has 2 aromatic heterocycles. The van der Waals surface area contributed by atoms with Crippen LogP contribution in [0.3, 0.4) is 0 Å². The molecule has 146 valence electrons. The minimum absolute atomic E-state index is 0.0114. The molecule has 1 aliphatic carbocycles. The molecule has 0 spiro atoms. The van der Waals surface area contributed by atoms with Crippen LogP contribution in [0.4, 0.5) is 0 Å². The van der Waals surface area contributed by atoms with Crippen LogP contribution < -0.4 is 0 Å². The van der Waals surface area contributed by atoms with E-state index in [-0.39, 0.29) is 11.9 Å². The lowest BCUT2D eigenvalue weighted by Gasteiger charge is -2.23. The van der Waals surface area contributed by atoms with Gasteiger partial charge in [0, 0.05) is 50.5 Å². The van der Waals surface area contributed by atoms with Gasteiger partial charge in [-0.25, -0.2) is 0 Å². The highest BCUT2D eigenvalue weighted by atomic mass is 16.2. The second-order valence-corrected chi connectivity index (χ2v) is 7.96. The fraction of sp³-hybridized carbons (Fsp3) is 0.292. The van der Waals surface area contributed by atoms with E-state index in [1.165, 1.54) is 11.1 Å². The van der Waals surface area contributed by atoms with E-state index in [2.05, 4.69) is 39.1 Å². The molecule has 1 saturated heterocycles. The third kappa shape index (κ3) is 3.91. The lowest BCUT2D eigenvalue weighted by Crippen LogP contribution is -2.36. The lowest BCUT2D eigenvalue weighted by molar-refractivity contribution is -0.132. The second-order valence-electron chi connectivity index (χ2n) is 7.96. The van der Waals surface area contributed by atoms with E-state index < -0.39 is 0 Å². The van der Waals surface area contributed by atoms with Gasteiger partial charge in [0.05, 0.1) is 0 Å². The molecule has 2 atom stereocenters. The number of fused-ring (bicyclic) bond motifs is 1. The van der Waals surface area contributed by atoms with Gasteiger partial charge in [0.2, 0.25) is 5.91 Å². The number of amides is 1. The quantitative estimate of drug-likeness (QED) is 0.613. The average Bonchev–Trinajstić information content (AvgIpc) is 3.45. The Bertz CT molecular complexity index is 926. The van der Waals surface area contributed by atoms with Gasteiger partial charge in [-0.3, -0.25) is 19.7 Å². The van der Waals surface area contributed by atoms with Gasteiger partial charge < -0.3 is 4.90 Å². The molecule has 1 fully saturated rings. The summed E-state index contributed by atoms with van der Waals surface area (Å²) in [6.07, 6.45) is 9.29. The molecule has 0 radical (unpaired) electrons. The minimum atomic E-state index is -0.0114. The number of pyridine rings is 2. The van der Waals surface area contributed by atoms with Crippen LogP contribution in [-0.2, 0) is 30.7 Å². The third-order valence-corrected chi connectivity index (χ3v) is 5.94. The highest BCUT2D eigenvalue weighted by Crippen LogP contribution is 2.33. The van der Waals surface area contributed by atoms with Gasteiger partial charge in [-0.15, -0.1) is 0 Å². The first-order chi connectivity index (χ1) is 14.3. The minimum Gasteiger partial charge on any atom is -0.333 e. The highest BCUT2D eigenvalue weighted by molar-refractivity contribution is 5.85. The van der Waals surface area contributed by atoms with E-state index in [0.717, 1.165) is 30.5 Å². The summed E-state index contributed by atoms with van der Waals surface area (Å²) < 4.78 is 0. The fourth-order valence-corrected chi connectivity index (χ4v) is 4.39. The van der Waals surface area contributed by atoms with Crippen LogP contribution in [0.5, 0.6) is 0 Å². The normalized spacial score (nSPS) is 20.3. The van der Waals surface area contributed by atoms with E-state index in [1.807, 2.05) is 41.6 Å². The summed E-state index contributed by atoms with van der Waals surface area (Å²) in [4.78, 5) is 26.1. The van der Waals surface area contributed by atoms with E-state index >= 15 is 0 Å². The first-order valence-electron chi connectivity index (χ1n) is 10.2. The average molecular weight is 384 g/mol. The number of hydrogen-bond acceptors (Lipinski definition) is 4. The summed E-state index contributed by atoms with van der Waals surface area (Å²) in [5.41, 5.74) is 4.95. The number of aromatic nitrogens is 2. The molecule has 2 unspecified atom stereocenters. The molecule has 1 amide bonds. The molecule has 3 heterocycles. The summed E-state index contributed by atoms with van der Waals surface area (Å²) in [7, 11) is 0. The van der Waals surface area contributed by atoms with E-state index in [1.54, 1.807) is 12.4 Å². The van der Waals surface area contributed by atoms with Crippen molar-refractivity contribution in [1.82, 2.24) is 19.8 Å². The molecule has 2 aliphatic rings. The smallest absolute Gasteiger partial charge is 0.241 e. The predicted octanol–water partition coefficient (Wildman–Crippen LogP) is 2.86. The predicted molar refractivity (Wildman–Crippen MR) is 111 cm³/mol. The highest BCUT2D eigenvalue weighted by Gasteiger charge is 2.47. The maximum Gasteiger partial charge on any atom is 0.241 e. The number of rotatable bonds is 6. The molecule has 0 N–H and O–H groups in total. The summed E-state index contributed by atoms with van der Waals surface area (Å²) in [6, 6.07) is 17.0. The van der Waals surface area contributed by atoms with Crippen molar-refractivity contribution >= 4 is 5.91 Å². The first kappa shape index (κ1) is 18.0. The molecule has 5 heteroatoms. The zero-order chi connectivity index (χ0) is 19.6. The van der Waals surface area contributed by atoms with E-state index in [0.29, 0.717) is 19.1 Å². The first-order valence-corrected chi connectivity index (χ1v) is 10.2. The van der Waals surface area contributed by atoms with Crippen molar-refractivity contribution in [3.63, 3.8) is 0 Å². The molecule has 1 aliphatic heterocycles. The van der Waals surface area contributed by atoms with Gasteiger partial charge in [-0.1, -0.05) is 36.4 Å². The molecule has 29 heavy (non-hydrogen) atoms. The zero-order valence-electron chi connectivity index (χ0n) is 16.3. The molecule has 0 saturated carbocycles. The summed E-state index contributed by atoms with van der Waals surface area (Å²) in [5.74, 6) is 0.202. The van der Waals surface area contributed by atoms with Gasteiger partial charge in [-0.2, -0.15) is 0 Å². The van der Waals surface area contributed by atoms with Crippen LogP contribution in [0.2, 0.25) is 0 Å². The van der Waals surface area contributed by atoms with Crippen LogP contribution in [0, 0.1) is 0 Å². The maximum absolute atomic E-state index is 13.4. The van der Waals surface area contributed by atoms with Crippen molar-refractivity contribution in [3.05, 3.63) is 95.6 Å². The van der Waals surface area contributed by atoms with E-state index in [9.17, 15) is 4.79 Å². The molecule has 1 aromatic carbocycles. The molecule has 3 aromatic rings. The number of carbonyl (C=O) groups is 1. The van der Waals surface area contributed by atoms with Crippen molar-refractivity contribution in [2.24, 2.45) is 0 Å². The van der Waals surface area contributed by atoms with Gasteiger partial charge in [0.25, 0.3) is 0 Å². The van der Waals surface area contributed by atoms with Crippen molar-refractivity contribution in [2.75, 3.05) is 6.54 Å².